The first-order valence-electron chi connectivity index (χ1n) is 2.37. The van der Waals surface area contributed by atoms with Crippen molar-refractivity contribution in [1.82, 2.24) is 0 Å². The molecule has 0 bridgehead atoms. The van der Waals surface area contributed by atoms with Gasteiger partial charge in [-0.25, -0.2) is 11.6 Å². The van der Waals surface area contributed by atoms with E-state index in [1.807, 2.05) is 22.9 Å². The Morgan fingerprint density at radius 3 is 2.56 bits per heavy atom. The van der Waals surface area contributed by atoms with Crippen LogP contribution in [-0.4, -0.2) is 26.6 Å². The zero-order valence-electron chi connectivity index (χ0n) is 5.04. The largest absolute Gasteiger partial charge is 0.229 e. The lowest BCUT2D eigenvalue weighted by Crippen LogP contribution is -2.02. The number of hydrogen-bond donors (Lipinski definition) is 0. The molecule has 0 atom stereocenters. The monoisotopic (exact) mass is 261 g/mol. The first kappa shape index (κ1) is 9.35. The molecule has 0 amide bonds. The Labute approximate surface area is 69.0 Å². The van der Waals surface area contributed by atoms with E-state index in [-0.39, 0.29) is 5.75 Å². The minimum atomic E-state index is -2.79. The van der Waals surface area contributed by atoms with Gasteiger partial charge in [-0.15, -0.1) is 0 Å². The summed E-state index contributed by atoms with van der Waals surface area (Å²) in [5, 5.41) is 0. The van der Waals surface area contributed by atoms with Gasteiger partial charge in [0.05, 0.1) is 28.6 Å². The fourth-order valence-corrected chi connectivity index (χ4v) is 1.13. The van der Waals surface area contributed by atoms with Gasteiger partial charge >= 0.3 is 0 Å². The smallest absolute Gasteiger partial charge is 0.147 e. The lowest BCUT2D eigenvalue weighted by molar-refractivity contribution is 0.602. The van der Waals surface area contributed by atoms with Crippen LogP contribution in [0.2, 0.25) is 0 Å². The summed E-state index contributed by atoms with van der Waals surface area (Å²) in [7, 11) is -2.79. The minimum Gasteiger partial charge on any atom is -0.229 e. The molecule has 0 heterocycles. The van der Waals surface area contributed by atoms with Crippen molar-refractivity contribution in [2.24, 2.45) is 3.21 Å². The van der Waals surface area contributed by atoms with E-state index in [2.05, 4.69) is 3.21 Å². The molecule has 0 aliphatic heterocycles. The molecule has 0 rings (SSSR count). The molecule has 0 aliphatic carbocycles. The van der Waals surface area contributed by atoms with Crippen molar-refractivity contribution < 1.29 is 8.42 Å². The van der Waals surface area contributed by atoms with Gasteiger partial charge in [0.1, 0.15) is 9.84 Å². The lowest BCUT2D eigenvalue weighted by Gasteiger charge is -1.88. The molecule has 54 valence electrons. The number of rotatable bonds is 3. The lowest BCUT2D eigenvalue weighted by atomic mass is 10.5. The highest BCUT2D eigenvalue weighted by molar-refractivity contribution is 14.1. The van der Waals surface area contributed by atoms with Gasteiger partial charge in [-0.05, 0) is 6.42 Å². The average molecular weight is 261 g/mol. The van der Waals surface area contributed by atoms with Crippen LogP contribution in [0, 0.1) is 0 Å². The number of hydrogen-bond acceptors (Lipinski definition) is 3. The van der Waals surface area contributed by atoms with E-state index in [0.29, 0.717) is 6.42 Å². The van der Waals surface area contributed by atoms with Crippen molar-refractivity contribution >= 4 is 38.9 Å². The highest BCUT2D eigenvalue weighted by atomic mass is 127. The van der Waals surface area contributed by atoms with E-state index >= 15 is 0 Å². The van der Waals surface area contributed by atoms with E-state index in [4.69, 9.17) is 0 Å². The van der Waals surface area contributed by atoms with Crippen LogP contribution in [0.15, 0.2) is 3.21 Å². The average Bonchev–Trinajstić information content (AvgIpc) is 1.63. The summed E-state index contributed by atoms with van der Waals surface area (Å²) in [5.41, 5.74) is 0. The van der Waals surface area contributed by atoms with Crippen LogP contribution in [0.25, 0.3) is 0 Å². The predicted octanol–water partition coefficient (Wildman–Crippen LogP) is 0.842. The predicted molar refractivity (Wildman–Crippen MR) is 46.8 cm³/mol. The van der Waals surface area contributed by atoms with E-state index in [0.717, 1.165) is 0 Å². The topological polar surface area (TPSA) is 46.5 Å². The van der Waals surface area contributed by atoms with Gasteiger partial charge in [-0.3, -0.25) is 0 Å². The van der Waals surface area contributed by atoms with Crippen LogP contribution >= 0.6 is 22.9 Å². The summed E-state index contributed by atoms with van der Waals surface area (Å²) < 4.78 is 24.5. The molecule has 0 spiro atoms. The first-order valence-corrected chi connectivity index (χ1v) is 5.39. The first-order chi connectivity index (χ1) is 4.06. The molecule has 3 nitrogen and oxygen atoms in total. The molecule has 0 aromatic heterocycles. The highest BCUT2D eigenvalue weighted by Gasteiger charge is 1.97. The van der Waals surface area contributed by atoms with Crippen molar-refractivity contribution in [3.63, 3.8) is 0 Å². The Morgan fingerprint density at radius 2 is 2.22 bits per heavy atom. The maximum Gasteiger partial charge on any atom is 0.147 e. The standard InChI is InChI=1S/C4H8INO2S/c1-9(7,8)4-2-3-6-5/h3H,2,4H2,1H3. The van der Waals surface area contributed by atoms with E-state index in [1.165, 1.54) is 6.26 Å². The SMILES string of the molecule is CS(=O)(=O)CCC=NI. The fraction of sp³-hybridized carbons (Fsp3) is 0.750. The molecule has 0 fully saturated rings. The van der Waals surface area contributed by atoms with Crippen molar-refractivity contribution in [3.8, 4) is 0 Å². The molecule has 9 heavy (non-hydrogen) atoms. The molecule has 0 saturated carbocycles. The molecular weight excluding hydrogens is 253 g/mol. The van der Waals surface area contributed by atoms with Crippen molar-refractivity contribution in [2.75, 3.05) is 12.0 Å². The molecule has 0 aromatic carbocycles. The summed E-state index contributed by atoms with van der Waals surface area (Å²) in [5.74, 6) is 0.194. The summed E-state index contributed by atoms with van der Waals surface area (Å²) in [6.45, 7) is 0. The Hall–Kier alpha value is 0.350. The zero-order valence-corrected chi connectivity index (χ0v) is 8.02. The van der Waals surface area contributed by atoms with Gasteiger partial charge in [0, 0.05) is 12.5 Å². The molecule has 0 aromatic rings. The normalized spacial score (nSPS) is 12.7. The molecule has 0 saturated heterocycles. The van der Waals surface area contributed by atoms with E-state index < -0.39 is 9.84 Å². The van der Waals surface area contributed by atoms with Crippen LogP contribution < -0.4 is 0 Å². The summed E-state index contributed by atoms with van der Waals surface area (Å²) in [4.78, 5) is 0. The minimum absolute atomic E-state index is 0.194. The van der Waals surface area contributed by atoms with Crippen LogP contribution in [0.1, 0.15) is 6.42 Å². The third-order valence-electron chi connectivity index (χ3n) is 0.687. The molecule has 0 aliphatic rings. The Morgan fingerprint density at radius 1 is 1.67 bits per heavy atom. The summed E-state index contributed by atoms with van der Waals surface area (Å²) in [6, 6.07) is 0. The molecule has 0 unspecified atom stereocenters. The fourth-order valence-electron chi connectivity index (χ4n) is 0.316. The Balaban J connectivity index is 3.53. The van der Waals surface area contributed by atoms with Gasteiger partial charge in [0.15, 0.2) is 0 Å². The van der Waals surface area contributed by atoms with Crippen LogP contribution in [0.5, 0.6) is 0 Å². The van der Waals surface area contributed by atoms with Crippen LogP contribution in [0.4, 0.5) is 0 Å². The molecule has 5 heteroatoms. The van der Waals surface area contributed by atoms with Gasteiger partial charge in [0.25, 0.3) is 0 Å². The van der Waals surface area contributed by atoms with Crippen molar-refractivity contribution in [3.05, 3.63) is 0 Å². The van der Waals surface area contributed by atoms with E-state index in [9.17, 15) is 8.42 Å². The molecular formula is C4H8INO2S. The second kappa shape index (κ2) is 4.21. The maximum absolute atomic E-state index is 10.4. The third-order valence-corrected chi connectivity index (χ3v) is 2.06. The van der Waals surface area contributed by atoms with Crippen molar-refractivity contribution in [2.45, 2.75) is 6.42 Å². The molecule has 0 radical (unpaired) electrons. The summed E-state index contributed by atoms with van der Waals surface area (Å²) in [6.07, 6.45) is 3.32. The van der Waals surface area contributed by atoms with Gasteiger partial charge in [0.2, 0.25) is 0 Å². The third kappa shape index (κ3) is 8.35. The highest BCUT2D eigenvalue weighted by Crippen LogP contribution is 1.87. The quantitative estimate of drug-likeness (QED) is 0.558. The number of halogens is 1. The van der Waals surface area contributed by atoms with Crippen LogP contribution in [-0.2, 0) is 9.84 Å². The number of sulfone groups is 1. The summed E-state index contributed by atoms with van der Waals surface area (Å²) >= 11 is 1.81. The second-order valence-corrected chi connectivity index (χ2v) is 4.52. The zero-order chi connectivity index (χ0) is 7.33. The van der Waals surface area contributed by atoms with Gasteiger partial charge in [-0.2, -0.15) is 0 Å². The van der Waals surface area contributed by atoms with Crippen molar-refractivity contribution in [1.29, 1.82) is 0 Å². The second-order valence-electron chi connectivity index (χ2n) is 1.70. The van der Waals surface area contributed by atoms with E-state index in [1.54, 1.807) is 6.21 Å². The Kier molecular flexibility index (Phi) is 4.37. The molecule has 0 N–H and O–H groups in total. The Bertz CT molecular complexity index is 185. The maximum atomic E-state index is 10.4. The number of nitrogens with zero attached hydrogens (tertiary/aromatic N) is 1. The van der Waals surface area contributed by atoms with Gasteiger partial charge < -0.3 is 0 Å². The van der Waals surface area contributed by atoms with Crippen LogP contribution in [0.3, 0.4) is 0 Å². The van der Waals surface area contributed by atoms with Gasteiger partial charge in [-0.1, -0.05) is 0 Å².